The second kappa shape index (κ2) is 5.27. The Labute approximate surface area is 127 Å². The molecule has 1 aliphatic rings. The smallest absolute Gasteiger partial charge is 0.145 e. The predicted octanol–water partition coefficient (Wildman–Crippen LogP) is 1.15. The number of nitrogens with two attached hydrogens (primary N) is 1. The molecule has 0 spiro atoms. The van der Waals surface area contributed by atoms with E-state index in [1.54, 1.807) is 18.6 Å². The molecule has 7 heteroatoms. The van der Waals surface area contributed by atoms with Crippen molar-refractivity contribution in [2.45, 2.75) is 12.5 Å². The van der Waals surface area contributed by atoms with E-state index in [9.17, 15) is 0 Å². The average molecular weight is 295 g/mol. The van der Waals surface area contributed by atoms with Gasteiger partial charge in [0.1, 0.15) is 17.2 Å². The van der Waals surface area contributed by atoms with Crippen LogP contribution in [-0.2, 0) is 0 Å². The van der Waals surface area contributed by atoms with Crippen molar-refractivity contribution in [2.24, 2.45) is 0 Å². The van der Waals surface area contributed by atoms with Gasteiger partial charge in [-0.3, -0.25) is 9.38 Å². The third kappa shape index (κ3) is 2.35. The molecule has 0 aliphatic carbocycles. The van der Waals surface area contributed by atoms with E-state index < -0.39 is 0 Å². The Balaban J connectivity index is 1.68. The number of aromatic nitrogens is 4. The van der Waals surface area contributed by atoms with Crippen LogP contribution in [0.4, 0.5) is 11.5 Å². The maximum Gasteiger partial charge on any atom is 0.145 e. The molecule has 4 N–H and O–H groups in total. The Morgan fingerprint density at radius 2 is 2.27 bits per heavy atom. The van der Waals surface area contributed by atoms with Gasteiger partial charge < -0.3 is 16.4 Å². The number of nitrogens with zero attached hydrogens (tertiary/aromatic N) is 4. The molecule has 0 bridgehead atoms. The number of rotatable bonds is 3. The minimum atomic E-state index is 0.409. The first-order valence-corrected chi connectivity index (χ1v) is 7.32. The third-order valence-corrected chi connectivity index (χ3v) is 3.85. The summed E-state index contributed by atoms with van der Waals surface area (Å²) in [5.74, 6) is 0.789. The lowest BCUT2D eigenvalue weighted by atomic mass is 10.2. The van der Waals surface area contributed by atoms with Crippen LogP contribution in [0.5, 0.6) is 0 Å². The van der Waals surface area contributed by atoms with Gasteiger partial charge in [0, 0.05) is 30.5 Å². The van der Waals surface area contributed by atoms with E-state index in [4.69, 9.17) is 5.73 Å². The second-order valence-corrected chi connectivity index (χ2v) is 5.46. The Hall–Kier alpha value is -2.67. The summed E-state index contributed by atoms with van der Waals surface area (Å²) in [5, 5.41) is 6.74. The zero-order chi connectivity index (χ0) is 14.9. The lowest BCUT2D eigenvalue weighted by molar-refractivity contribution is 0.786. The Kier molecular flexibility index (Phi) is 3.12. The quantitative estimate of drug-likeness (QED) is 0.671. The maximum absolute atomic E-state index is 5.79. The highest BCUT2D eigenvalue weighted by molar-refractivity contribution is 5.63. The Morgan fingerprint density at radius 3 is 3.14 bits per heavy atom. The minimum absolute atomic E-state index is 0.409. The van der Waals surface area contributed by atoms with Gasteiger partial charge in [0.25, 0.3) is 0 Å². The van der Waals surface area contributed by atoms with Crippen LogP contribution in [0.3, 0.4) is 0 Å². The standard InChI is InChI=1S/C15H17N7/c16-10-2-4-22-13(8-19-15(22)5-10)12-7-18-9-14(21-12)20-11-1-3-17-6-11/h2,4-5,7-9,11,17H,1,3,6,16H2,(H,20,21)/t11-/m1/s1. The van der Waals surface area contributed by atoms with E-state index in [0.29, 0.717) is 11.7 Å². The highest BCUT2D eigenvalue weighted by Gasteiger charge is 2.15. The highest BCUT2D eigenvalue weighted by Crippen LogP contribution is 2.21. The highest BCUT2D eigenvalue weighted by atomic mass is 15.1. The zero-order valence-electron chi connectivity index (χ0n) is 12.0. The molecule has 7 nitrogen and oxygen atoms in total. The number of hydrogen-bond acceptors (Lipinski definition) is 6. The second-order valence-electron chi connectivity index (χ2n) is 5.46. The fourth-order valence-electron chi connectivity index (χ4n) is 2.73. The van der Waals surface area contributed by atoms with Crippen LogP contribution in [0.1, 0.15) is 6.42 Å². The van der Waals surface area contributed by atoms with Gasteiger partial charge in [-0.25, -0.2) is 9.97 Å². The topological polar surface area (TPSA) is 93.2 Å². The van der Waals surface area contributed by atoms with E-state index in [1.807, 2.05) is 22.7 Å². The molecule has 0 amide bonds. The van der Waals surface area contributed by atoms with Crippen molar-refractivity contribution < 1.29 is 0 Å². The largest absolute Gasteiger partial charge is 0.399 e. The molecule has 1 aliphatic heterocycles. The summed E-state index contributed by atoms with van der Waals surface area (Å²) in [6.45, 7) is 2.00. The van der Waals surface area contributed by atoms with Crippen molar-refractivity contribution >= 4 is 17.2 Å². The van der Waals surface area contributed by atoms with Gasteiger partial charge in [-0.1, -0.05) is 0 Å². The van der Waals surface area contributed by atoms with Crippen LogP contribution >= 0.6 is 0 Å². The minimum Gasteiger partial charge on any atom is -0.399 e. The van der Waals surface area contributed by atoms with E-state index in [2.05, 4.69) is 25.6 Å². The van der Waals surface area contributed by atoms with Gasteiger partial charge in [0.05, 0.1) is 24.3 Å². The molecule has 3 aromatic rings. The Bertz CT molecular complexity index is 805. The Morgan fingerprint density at radius 1 is 1.32 bits per heavy atom. The van der Waals surface area contributed by atoms with Crippen LogP contribution in [0.2, 0.25) is 0 Å². The van der Waals surface area contributed by atoms with Crippen LogP contribution in [-0.4, -0.2) is 38.5 Å². The molecule has 112 valence electrons. The molecule has 1 fully saturated rings. The maximum atomic E-state index is 5.79. The summed E-state index contributed by atoms with van der Waals surface area (Å²) < 4.78 is 1.96. The summed E-state index contributed by atoms with van der Waals surface area (Å²) in [7, 11) is 0. The lowest BCUT2D eigenvalue weighted by Crippen LogP contribution is -2.22. The first kappa shape index (κ1) is 13.0. The fourth-order valence-corrected chi connectivity index (χ4v) is 2.73. The van der Waals surface area contributed by atoms with Crippen molar-refractivity contribution in [3.63, 3.8) is 0 Å². The number of hydrogen-bond donors (Lipinski definition) is 3. The van der Waals surface area contributed by atoms with Gasteiger partial charge in [-0.15, -0.1) is 0 Å². The third-order valence-electron chi connectivity index (χ3n) is 3.85. The number of fused-ring (bicyclic) bond motifs is 1. The lowest BCUT2D eigenvalue weighted by Gasteiger charge is -2.12. The molecule has 0 radical (unpaired) electrons. The van der Waals surface area contributed by atoms with Crippen molar-refractivity contribution in [2.75, 3.05) is 24.1 Å². The van der Waals surface area contributed by atoms with Crippen LogP contribution in [0.25, 0.3) is 17.0 Å². The van der Waals surface area contributed by atoms with Gasteiger partial charge in [-0.2, -0.15) is 0 Å². The van der Waals surface area contributed by atoms with Crippen molar-refractivity contribution in [1.29, 1.82) is 0 Å². The fraction of sp³-hybridized carbons (Fsp3) is 0.267. The first-order valence-electron chi connectivity index (χ1n) is 7.32. The molecule has 0 saturated carbocycles. The van der Waals surface area contributed by atoms with E-state index in [-0.39, 0.29) is 0 Å². The summed E-state index contributed by atoms with van der Waals surface area (Å²) in [5.41, 5.74) is 8.97. The summed E-state index contributed by atoms with van der Waals surface area (Å²) >= 11 is 0. The average Bonchev–Trinajstić information content (AvgIpc) is 3.16. The zero-order valence-corrected chi connectivity index (χ0v) is 12.0. The molecule has 22 heavy (non-hydrogen) atoms. The van der Waals surface area contributed by atoms with Crippen LogP contribution in [0.15, 0.2) is 36.9 Å². The summed E-state index contributed by atoms with van der Waals surface area (Å²) in [6.07, 6.45) is 8.29. The van der Waals surface area contributed by atoms with Gasteiger partial charge >= 0.3 is 0 Å². The molecular formula is C15H17N7. The molecule has 1 atom stereocenters. The van der Waals surface area contributed by atoms with E-state index >= 15 is 0 Å². The first-order chi connectivity index (χ1) is 10.8. The van der Waals surface area contributed by atoms with Crippen LogP contribution < -0.4 is 16.4 Å². The van der Waals surface area contributed by atoms with E-state index in [0.717, 1.165) is 42.4 Å². The molecule has 4 rings (SSSR count). The van der Waals surface area contributed by atoms with Crippen LogP contribution in [0, 0.1) is 0 Å². The van der Waals surface area contributed by atoms with Crippen molar-refractivity contribution in [1.82, 2.24) is 24.7 Å². The van der Waals surface area contributed by atoms with Crippen molar-refractivity contribution in [3.8, 4) is 11.4 Å². The molecule has 0 aromatic carbocycles. The molecule has 4 heterocycles. The van der Waals surface area contributed by atoms with Crippen molar-refractivity contribution in [3.05, 3.63) is 36.9 Å². The van der Waals surface area contributed by atoms with Gasteiger partial charge in [0.2, 0.25) is 0 Å². The normalized spacial score (nSPS) is 17.9. The number of pyridine rings is 1. The van der Waals surface area contributed by atoms with E-state index in [1.165, 1.54) is 0 Å². The monoisotopic (exact) mass is 295 g/mol. The molecule has 1 saturated heterocycles. The number of anilines is 2. The van der Waals surface area contributed by atoms with Gasteiger partial charge in [0.15, 0.2) is 0 Å². The van der Waals surface area contributed by atoms with Gasteiger partial charge in [-0.05, 0) is 19.0 Å². The predicted molar refractivity (Wildman–Crippen MR) is 85.5 cm³/mol. The molecule has 0 unspecified atom stereocenters. The SMILES string of the molecule is Nc1ccn2c(-c3cncc(N[C@@H]4CCNC4)n3)cnc2c1. The summed E-state index contributed by atoms with van der Waals surface area (Å²) in [4.78, 5) is 13.3. The molecule has 3 aromatic heterocycles. The number of nitrogen functional groups attached to an aromatic ring is 1. The number of nitrogens with one attached hydrogen (secondary N) is 2. The summed E-state index contributed by atoms with van der Waals surface area (Å²) in [6, 6.07) is 4.09. The number of imidazole rings is 1. The molecular weight excluding hydrogens is 278 g/mol.